The molecular weight excluding hydrogens is 274 g/mol. The first-order chi connectivity index (χ1) is 9.92. The molecule has 0 spiro atoms. The standard InChI is InChI=1S/C15H17NO5/c1-8(2)16-7-9(15(18)19)14(17)12-10(20-3)5-6-11(21-4)13(12)16/h5-8H,1-4H3,(H,18,19). The lowest BCUT2D eigenvalue weighted by Gasteiger charge is -2.19. The Bertz CT molecular complexity index is 761. The molecule has 6 nitrogen and oxygen atoms in total. The first kappa shape index (κ1) is 14.9. The van der Waals surface area contributed by atoms with Gasteiger partial charge in [0.25, 0.3) is 0 Å². The number of aromatic nitrogens is 1. The fourth-order valence-electron chi connectivity index (χ4n) is 2.32. The largest absolute Gasteiger partial charge is 0.496 e. The van der Waals surface area contributed by atoms with E-state index in [-0.39, 0.29) is 17.0 Å². The van der Waals surface area contributed by atoms with E-state index in [9.17, 15) is 14.7 Å². The van der Waals surface area contributed by atoms with Crippen molar-refractivity contribution in [1.82, 2.24) is 4.57 Å². The molecular formula is C15H17NO5. The Balaban J connectivity index is 3.10. The molecule has 0 bridgehead atoms. The summed E-state index contributed by atoms with van der Waals surface area (Å²) in [7, 11) is 2.94. The number of carboxylic acids is 1. The minimum atomic E-state index is -1.26. The van der Waals surface area contributed by atoms with Crippen molar-refractivity contribution in [3.8, 4) is 11.5 Å². The quantitative estimate of drug-likeness (QED) is 0.935. The molecule has 2 rings (SSSR count). The number of pyridine rings is 1. The van der Waals surface area contributed by atoms with E-state index in [0.717, 1.165) is 0 Å². The maximum Gasteiger partial charge on any atom is 0.341 e. The van der Waals surface area contributed by atoms with Gasteiger partial charge in [-0.1, -0.05) is 0 Å². The summed E-state index contributed by atoms with van der Waals surface area (Å²) in [5, 5.41) is 9.45. The third-order valence-corrected chi connectivity index (χ3v) is 3.33. The maximum absolute atomic E-state index is 12.5. The number of benzene rings is 1. The average molecular weight is 291 g/mol. The van der Waals surface area contributed by atoms with Crippen molar-refractivity contribution >= 4 is 16.9 Å². The molecule has 1 aromatic carbocycles. The van der Waals surface area contributed by atoms with E-state index in [0.29, 0.717) is 17.0 Å². The van der Waals surface area contributed by atoms with E-state index in [1.165, 1.54) is 20.4 Å². The van der Waals surface area contributed by atoms with Gasteiger partial charge in [0, 0.05) is 12.2 Å². The van der Waals surface area contributed by atoms with Crippen molar-refractivity contribution < 1.29 is 19.4 Å². The van der Waals surface area contributed by atoms with Crippen LogP contribution in [0.1, 0.15) is 30.2 Å². The summed E-state index contributed by atoms with van der Waals surface area (Å²) < 4.78 is 12.2. The molecule has 0 atom stereocenters. The number of rotatable bonds is 4. The Morgan fingerprint density at radius 2 is 1.76 bits per heavy atom. The van der Waals surface area contributed by atoms with Crippen LogP contribution in [-0.4, -0.2) is 29.9 Å². The molecule has 6 heteroatoms. The van der Waals surface area contributed by atoms with Crippen molar-refractivity contribution in [2.75, 3.05) is 14.2 Å². The molecule has 0 saturated carbocycles. The van der Waals surface area contributed by atoms with Gasteiger partial charge in [0.2, 0.25) is 5.43 Å². The highest BCUT2D eigenvalue weighted by molar-refractivity contribution is 5.97. The van der Waals surface area contributed by atoms with Crippen LogP contribution in [0.25, 0.3) is 10.9 Å². The highest BCUT2D eigenvalue weighted by Gasteiger charge is 2.21. The second-order valence-electron chi connectivity index (χ2n) is 4.87. The normalized spacial score (nSPS) is 10.9. The van der Waals surface area contributed by atoms with Crippen molar-refractivity contribution in [3.05, 3.63) is 34.1 Å². The first-order valence-electron chi connectivity index (χ1n) is 6.45. The van der Waals surface area contributed by atoms with Crippen LogP contribution >= 0.6 is 0 Å². The number of aromatic carboxylic acids is 1. The van der Waals surface area contributed by atoms with Crippen LogP contribution in [0, 0.1) is 0 Å². The Hall–Kier alpha value is -2.50. The Labute approximate surface area is 121 Å². The van der Waals surface area contributed by atoms with E-state index >= 15 is 0 Å². The number of nitrogens with zero attached hydrogens (tertiary/aromatic N) is 1. The Morgan fingerprint density at radius 3 is 2.24 bits per heavy atom. The summed E-state index contributed by atoms with van der Waals surface area (Å²) in [6, 6.07) is 3.24. The van der Waals surface area contributed by atoms with Gasteiger partial charge in [0.15, 0.2) is 0 Å². The molecule has 1 aromatic heterocycles. The smallest absolute Gasteiger partial charge is 0.341 e. The van der Waals surface area contributed by atoms with E-state index in [2.05, 4.69) is 0 Å². The average Bonchev–Trinajstić information content (AvgIpc) is 2.45. The van der Waals surface area contributed by atoms with Gasteiger partial charge in [-0.25, -0.2) is 4.79 Å². The Morgan fingerprint density at radius 1 is 1.19 bits per heavy atom. The van der Waals surface area contributed by atoms with Crippen LogP contribution in [0.15, 0.2) is 23.1 Å². The molecule has 0 amide bonds. The SMILES string of the molecule is COc1ccc(OC)c2c1c(=O)c(C(=O)O)cn2C(C)C. The van der Waals surface area contributed by atoms with Gasteiger partial charge < -0.3 is 19.1 Å². The van der Waals surface area contributed by atoms with E-state index < -0.39 is 11.4 Å². The fourth-order valence-corrected chi connectivity index (χ4v) is 2.32. The van der Waals surface area contributed by atoms with Gasteiger partial charge >= 0.3 is 5.97 Å². The van der Waals surface area contributed by atoms with Crippen molar-refractivity contribution in [3.63, 3.8) is 0 Å². The van der Waals surface area contributed by atoms with Gasteiger partial charge in [-0.15, -0.1) is 0 Å². The summed E-state index contributed by atoms with van der Waals surface area (Å²) in [5.74, 6) is -0.442. The number of fused-ring (bicyclic) bond motifs is 1. The zero-order valence-electron chi connectivity index (χ0n) is 12.3. The second-order valence-corrected chi connectivity index (χ2v) is 4.87. The maximum atomic E-state index is 12.5. The monoisotopic (exact) mass is 291 g/mol. The van der Waals surface area contributed by atoms with Crippen molar-refractivity contribution in [2.45, 2.75) is 19.9 Å². The summed E-state index contributed by atoms with van der Waals surface area (Å²) in [6.07, 6.45) is 1.35. The molecule has 0 unspecified atom stereocenters. The number of ether oxygens (including phenoxy) is 2. The lowest BCUT2D eigenvalue weighted by molar-refractivity contribution is 0.0694. The molecule has 0 aliphatic heterocycles. The molecule has 0 radical (unpaired) electrons. The van der Waals surface area contributed by atoms with Crippen LogP contribution in [0.4, 0.5) is 0 Å². The zero-order valence-corrected chi connectivity index (χ0v) is 12.3. The molecule has 0 saturated heterocycles. The predicted molar refractivity (Wildman–Crippen MR) is 78.7 cm³/mol. The number of hydrogen-bond acceptors (Lipinski definition) is 4. The molecule has 112 valence electrons. The molecule has 0 fully saturated rings. The van der Waals surface area contributed by atoms with E-state index in [4.69, 9.17) is 9.47 Å². The fraction of sp³-hybridized carbons (Fsp3) is 0.333. The number of hydrogen-bond donors (Lipinski definition) is 1. The molecule has 2 aromatic rings. The molecule has 0 aliphatic carbocycles. The van der Waals surface area contributed by atoms with Gasteiger partial charge in [0.1, 0.15) is 17.1 Å². The summed E-state index contributed by atoms with van der Waals surface area (Å²) in [4.78, 5) is 23.8. The lowest BCUT2D eigenvalue weighted by Crippen LogP contribution is -2.20. The second kappa shape index (κ2) is 5.47. The van der Waals surface area contributed by atoms with Gasteiger partial charge in [-0.2, -0.15) is 0 Å². The van der Waals surface area contributed by atoms with Gasteiger partial charge in [-0.05, 0) is 26.0 Å². The molecule has 21 heavy (non-hydrogen) atoms. The first-order valence-corrected chi connectivity index (χ1v) is 6.45. The lowest BCUT2D eigenvalue weighted by atomic mass is 10.1. The predicted octanol–water partition coefficient (Wildman–Crippen LogP) is 2.30. The van der Waals surface area contributed by atoms with E-state index in [1.807, 2.05) is 13.8 Å². The van der Waals surface area contributed by atoms with E-state index in [1.54, 1.807) is 16.7 Å². The van der Waals surface area contributed by atoms with Crippen molar-refractivity contribution in [2.24, 2.45) is 0 Å². The van der Waals surface area contributed by atoms with Crippen LogP contribution in [0.2, 0.25) is 0 Å². The van der Waals surface area contributed by atoms with Crippen LogP contribution in [0.5, 0.6) is 11.5 Å². The minimum Gasteiger partial charge on any atom is -0.496 e. The van der Waals surface area contributed by atoms with Gasteiger partial charge in [0.05, 0.1) is 25.1 Å². The summed E-state index contributed by atoms with van der Waals surface area (Å²) >= 11 is 0. The minimum absolute atomic E-state index is 0.0489. The highest BCUT2D eigenvalue weighted by atomic mass is 16.5. The van der Waals surface area contributed by atoms with Crippen LogP contribution in [0.3, 0.4) is 0 Å². The van der Waals surface area contributed by atoms with Gasteiger partial charge in [-0.3, -0.25) is 4.79 Å². The third-order valence-electron chi connectivity index (χ3n) is 3.33. The number of carboxylic acid groups (broad SMARTS) is 1. The van der Waals surface area contributed by atoms with Crippen LogP contribution in [-0.2, 0) is 0 Å². The van der Waals surface area contributed by atoms with Crippen LogP contribution < -0.4 is 14.9 Å². The number of methoxy groups -OCH3 is 2. The Kier molecular flexibility index (Phi) is 3.88. The third kappa shape index (κ3) is 2.33. The molecule has 1 heterocycles. The molecule has 1 N–H and O–H groups in total. The van der Waals surface area contributed by atoms with Crippen molar-refractivity contribution in [1.29, 1.82) is 0 Å². The topological polar surface area (TPSA) is 77.8 Å². The summed E-state index contributed by atoms with van der Waals surface area (Å²) in [5.41, 5.74) is -0.338. The summed E-state index contributed by atoms with van der Waals surface area (Å²) in [6.45, 7) is 3.79. The molecule has 0 aliphatic rings. The number of carbonyl (C=O) groups is 1. The zero-order chi connectivity index (χ0) is 15.7. The highest BCUT2D eigenvalue weighted by Crippen LogP contribution is 2.32.